The van der Waals surface area contributed by atoms with Crippen molar-refractivity contribution >= 4 is 21.6 Å². The van der Waals surface area contributed by atoms with Crippen LogP contribution < -0.4 is 10.5 Å². The minimum absolute atomic E-state index is 0.538. The van der Waals surface area contributed by atoms with E-state index in [0.717, 1.165) is 35.2 Å². The zero-order valence-electron chi connectivity index (χ0n) is 10.5. The predicted molar refractivity (Wildman–Crippen MR) is 74.5 cm³/mol. The van der Waals surface area contributed by atoms with Crippen LogP contribution in [0.5, 0.6) is 5.75 Å². The number of ether oxygens (including phenoxy) is 2. The highest BCUT2D eigenvalue weighted by Gasteiger charge is 2.05. The van der Waals surface area contributed by atoms with E-state index in [9.17, 15) is 0 Å². The van der Waals surface area contributed by atoms with Gasteiger partial charge < -0.3 is 15.2 Å². The molecular weight excluding hydrogens is 282 g/mol. The van der Waals surface area contributed by atoms with Gasteiger partial charge in [0.2, 0.25) is 0 Å². The first-order chi connectivity index (χ1) is 8.15. The Morgan fingerprint density at radius 1 is 1.24 bits per heavy atom. The van der Waals surface area contributed by atoms with Gasteiger partial charge in [-0.2, -0.15) is 0 Å². The summed E-state index contributed by atoms with van der Waals surface area (Å²) in [7, 11) is 0. The second-order valence-corrected chi connectivity index (χ2v) is 4.87. The monoisotopic (exact) mass is 301 g/mol. The molecule has 0 aliphatic rings. The molecule has 0 saturated heterocycles. The first-order valence-electron chi connectivity index (χ1n) is 5.91. The fourth-order valence-corrected chi connectivity index (χ4v) is 2.09. The zero-order valence-corrected chi connectivity index (χ0v) is 12.0. The molecule has 1 rings (SSSR count). The lowest BCUT2D eigenvalue weighted by Gasteiger charge is -2.12. The van der Waals surface area contributed by atoms with Crippen LogP contribution >= 0.6 is 15.9 Å². The molecule has 0 radical (unpaired) electrons. The first-order valence-corrected chi connectivity index (χ1v) is 6.70. The van der Waals surface area contributed by atoms with Gasteiger partial charge in [-0.15, -0.1) is 0 Å². The van der Waals surface area contributed by atoms with E-state index < -0.39 is 0 Å². The van der Waals surface area contributed by atoms with Crippen LogP contribution in [0.1, 0.15) is 25.3 Å². The van der Waals surface area contributed by atoms with Crippen LogP contribution in [0.3, 0.4) is 0 Å². The quantitative estimate of drug-likeness (QED) is 0.619. The number of hydrogen-bond donors (Lipinski definition) is 1. The van der Waals surface area contributed by atoms with Crippen molar-refractivity contribution in [2.24, 2.45) is 0 Å². The van der Waals surface area contributed by atoms with E-state index in [1.165, 1.54) is 0 Å². The molecule has 0 heterocycles. The number of rotatable bonds is 7. The summed E-state index contributed by atoms with van der Waals surface area (Å²) in [6.45, 7) is 6.07. The standard InChI is InChI=1S/C13H20BrNO2/c1-3-4-5-16-6-7-17-13-10(2)8-11(14)9-12(13)15/h8-9H,3-7,15H2,1-2H3. The summed E-state index contributed by atoms with van der Waals surface area (Å²) in [6, 6.07) is 3.84. The molecule has 4 heteroatoms. The smallest absolute Gasteiger partial charge is 0.145 e. The van der Waals surface area contributed by atoms with Crippen LogP contribution in [0.25, 0.3) is 0 Å². The molecule has 0 aromatic heterocycles. The number of unbranched alkanes of at least 4 members (excludes halogenated alkanes) is 1. The van der Waals surface area contributed by atoms with Crippen LogP contribution in [0.4, 0.5) is 5.69 Å². The number of anilines is 1. The zero-order chi connectivity index (χ0) is 12.7. The predicted octanol–water partition coefficient (Wildman–Crippen LogP) is 3.54. The number of hydrogen-bond acceptors (Lipinski definition) is 3. The number of nitrogen functional groups attached to an aromatic ring is 1. The third kappa shape index (κ3) is 4.96. The van der Waals surface area contributed by atoms with Crippen molar-refractivity contribution < 1.29 is 9.47 Å². The number of benzene rings is 1. The summed E-state index contributed by atoms with van der Waals surface area (Å²) >= 11 is 3.40. The highest BCUT2D eigenvalue weighted by Crippen LogP contribution is 2.29. The largest absolute Gasteiger partial charge is 0.489 e. The second-order valence-electron chi connectivity index (χ2n) is 3.96. The lowest BCUT2D eigenvalue weighted by atomic mass is 10.2. The van der Waals surface area contributed by atoms with E-state index in [4.69, 9.17) is 15.2 Å². The van der Waals surface area contributed by atoms with Crippen molar-refractivity contribution in [2.75, 3.05) is 25.6 Å². The van der Waals surface area contributed by atoms with Crippen molar-refractivity contribution in [1.29, 1.82) is 0 Å². The highest BCUT2D eigenvalue weighted by atomic mass is 79.9. The molecule has 0 fully saturated rings. The fraction of sp³-hybridized carbons (Fsp3) is 0.538. The van der Waals surface area contributed by atoms with Gasteiger partial charge in [-0.25, -0.2) is 0 Å². The average molecular weight is 302 g/mol. The third-order valence-corrected chi connectivity index (χ3v) is 2.84. The molecule has 1 aromatic rings. The van der Waals surface area contributed by atoms with Crippen molar-refractivity contribution in [3.63, 3.8) is 0 Å². The molecule has 0 aliphatic carbocycles. The Morgan fingerprint density at radius 3 is 2.65 bits per heavy atom. The van der Waals surface area contributed by atoms with Gasteiger partial charge in [0, 0.05) is 11.1 Å². The van der Waals surface area contributed by atoms with E-state index in [1.807, 2.05) is 19.1 Å². The molecule has 17 heavy (non-hydrogen) atoms. The van der Waals surface area contributed by atoms with E-state index in [-0.39, 0.29) is 0 Å². The summed E-state index contributed by atoms with van der Waals surface area (Å²) in [5.74, 6) is 0.757. The van der Waals surface area contributed by atoms with Gasteiger partial charge >= 0.3 is 0 Å². The number of aryl methyl sites for hydroxylation is 1. The van der Waals surface area contributed by atoms with Gasteiger partial charge in [0.15, 0.2) is 0 Å². The lowest BCUT2D eigenvalue weighted by molar-refractivity contribution is 0.0981. The molecule has 0 saturated carbocycles. The SMILES string of the molecule is CCCCOCCOc1c(C)cc(Br)cc1N. The molecular formula is C13H20BrNO2. The van der Waals surface area contributed by atoms with Crippen LogP contribution in [-0.4, -0.2) is 19.8 Å². The minimum Gasteiger partial charge on any atom is -0.489 e. The van der Waals surface area contributed by atoms with Gasteiger partial charge in [-0.3, -0.25) is 0 Å². The Bertz CT molecular complexity index is 332. The molecule has 96 valence electrons. The Labute approximate surface area is 111 Å². The molecule has 0 bridgehead atoms. The van der Waals surface area contributed by atoms with Crippen LogP contribution in [0.15, 0.2) is 16.6 Å². The average Bonchev–Trinajstić information content (AvgIpc) is 2.26. The third-order valence-electron chi connectivity index (χ3n) is 2.38. The molecule has 3 nitrogen and oxygen atoms in total. The van der Waals surface area contributed by atoms with E-state index >= 15 is 0 Å². The molecule has 0 unspecified atom stereocenters. The summed E-state index contributed by atoms with van der Waals surface area (Å²) in [5.41, 5.74) is 7.58. The molecule has 0 spiro atoms. The van der Waals surface area contributed by atoms with E-state index in [0.29, 0.717) is 18.9 Å². The maximum Gasteiger partial charge on any atom is 0.145 e. The maximum absolute atomic E-state index is 5.89. The van der Waals surface area contributed by atoms with Crippen LogP contribution in [0.2, 0.25) is 0 Å². The van der Waals surface area contributed by atoms with Gasteiger partial charge in [-0.1, -0.05) is 29.3 Å². The number of nitrogens with two attached hydrogens (primary N) is 1. The second kappa shape index (κ2) is 7.56. The molecule has 0 amide bonds. The summed E-state index contributed by atoms with van der Waals surface area (Å²) < 4.78 is 12.0. The summed E-state index contributed by atoms with van der Waals surface area (Å²) in [6.07, 6.45) is 2.25. The maximum atomic E-state index is 5.89. The fourth-order valence-electron chi connectivity index (χ4n) is 1.50. The minimum atomic E-state index is 0.538. The number of halogens is 1. The van der Waals surface area contributed by atoms with Gasteiger partial charge in [0.1, 0.15) is 12.4 Å². The van der Waals surface area contributed by atoms with E-state index in [2.05, 4.69) is 22.9 Å². The summed E-state index contributed by atoms with van der Waals surface area (Å²) in [5, 5.41) is 0. The molecule has 2 N–H and O–H groups in total. The Morgan fingerprint density at radius 2 is 2.00 bits per heavy atom. The molecule has 1 aromatic carbocycles. The van der Waals surface area contributed by atoms with Gasteiger partial charge in [-0.05, 0) is 31.0 Å². The van der Waals surface area contributed by atoms with Gasteiger partial charge in [0.05, 0.1) is 12.3 Å². The molecule has 0 aliphatic heterocycles. The first kappa shape index (κ1) is 14.3. The summed E-state index contributed by atoms with van der Waals surface area (Å²) in [4.78, 5) is 0. The Kier molecular flexibility index (Phi) is 6.37. The van der Waals surface area contributed by atoms with Gasteiger partial charge in [0.25, 0.3) is 0 Å². The Balaban J connectivity index is 2.36. The normalized spacial score (nSPS) is 10.5. The van der Waals surface area contributed by atoms with Crippen LogP contribution in [-0.2, 0) is 4.74 Å². The molecule has 0 atom stereocenters. The lowest BCUT2D eigenvalue weighted by Crippen LogP contribution is -2.09. The van der Waals surface area contributed by atoms with Crippen LogP contribution in [0, 0.1) is 6.92 Å². The van der Waals surface area contributed by atoms with Crippen molar-refractivity contribution in [3.8, 4) is 5.75 Å². The Hall–Kier alpha value is -0.740. The van der Waals surface area contributed by atoms with Crippen molar-refractivity contribution in [3.05, 3.63) is 22.2 Å². The highest BCUT2D eigenvalue weighted by molar-refractivity contribution is 9.10. The van der Waals surface area contributed by atoms with E-state index in [1.54, 1.807) is 0 Å². The van der Waals surface area contributed by atoms with Crippen molar-refractivity contribution in [1.82, 2.24) is 0 Å². The van der Waals surface area contributed by atoms with Crippen molar-refractivity contribution in [2.45, 2.75) is 26.7 Å². The topological polar surface area (TPSA) is 44.5 Å².